The number of rotatable bonds is 9. The van der Waals surface area contributed by atoms with Crippen molar-refractivity contribution in [3.05, 3.63) is 0 Å². The molecule has 0 aliphatic carbocycles. The highest BCUT2D eigenvalue weighted by Gasteiger charge is 2.47. The first-order chi connectivity index (χ1) is 9.95. The molecule has 132 valence electrons. The highest BCUT2D eigenvalue weighted by Crippen LogP contribution is 2.27. The van der Waals surface area contributed by atoms with Crippen molar-refractivity contribution in [1.29, 1.82) is 0 Å². The van der Waals surface area contributed by atoms with E-state index >= 15 is 0 Å². The number of ether oxygens (including phenoxy) is 2. The van der Waals surface area contributed by atoms with Crippen LogP contribution in [0.4, 0.5) is 0 Å². The van der Waals surface area contributed by atoms with Gasteiger partial charge in [-0.3, -0.25) is 0 Å². The van der Waals surface area contributed by atoms with Gasteiger partial charge in [0, 0.05) is 6.61 Å². The van der Waals surface area contributed by atoms with E-state index in [-0.39, 0.29) is 11.8 Å². The molecular weight excluding hydrogens is 328 g/mol. The maximum atomic E-state index is 6.59. The Balaban J connectivity index is 2.79. The van der Waals surface area contributed by atoms with Gasteiger partial charge in [-0.1, -0.05) is 6.92 Å². The smallest absolute Gasteiger partial charge is 0.344 e. The summed E-state index contributed by atoms with van der Waals surface area (Å²) in [7, 11) is -5.74. The molecule has 1 rings (SSSR count). The molecule has 0 aromatic heterocycles. The minimum atomic E-state index is -2.38. The Morgan fingerprint density at radius 2 is 1.55 bits per heavy atom. The van der Waals surface area contributed by atoms with E-state index < -0.39 is 25.2 Å². The molecule has 0 aromatic rings. The summed E-state index contributed by atoms with van der Waals surface area (Å²) >= 11 is 0. The van der Waals surface area contributed by atoms with Crippen molar-refractivity contribution in [3.63, 3.8) is 0 Å². The normalized spacial score (nSPS) is 22.1. The van der Waals surface area contributed by atoms with Gasteiger partial charge in [-0.2, -0.15) is 0 Å². The zero-order valence-corrected chi connectivity index (χ0v) is 18.8. The van der Waals surface area contributed by atoms with Gasteiger partial charge in [0.05, 0.1) is 18.4 Å². The molecule has 0 bridgehead atoms. The molecule has 1 fully saturated rings. The van der Waals surface area contributed by atoms with E-state index in [1.165, 1.54) is 0 Å². The van der Waals surface area contributed by atoms with E-state index in [4.69, 9.17) is 17.7 Å². The second-order valence-corrected chi connectivity index (χ2v) is 21.1. The van der Waals surface area contributed by atoms with Crippen LogP contribution in [-0.2, 0) is 17.7 Å². The molecule has 1 aliphatic heterocycles. The highest BCUT2D eigenvalue weighted by molar-refractivity contribution is 6.88. The van der Waals surface area contributed by atoms with Crippen LogP contribution in [0.2, 0.25) is 45.8 Å². The summed E-state index contributed by atoms with van der Waals surface area (Å²) in [6.07, 6.45) is 3.45. The van der Waals surface area contributed by atoms with Gasteiger partial charge in [-0.05, 0) is 65.1 Å². The summed E-state index contributed by atoms with van der Waals surface area (Å²) in [4.78, 5) is 0. The van der Waals surface area contributed by atoms with Gasteiger partial charge in [-0.15, -0.1) is 0 Å². The summed E-state index contributed by atoms with van der Waals surface area (Å²) < 4.78 is 25.1. The molecule has 0 spiro atoms. The van der Waals surface area contributed by atoms with Crippen LogP contribution in [0.1, 0.15) is 26.2 Å². The predicted octanol–water partition coefficient (Wildman–Crippen LogP) is 4.27. The fourth-order valence-corrected chi connectivity index (χ4v) is 15.5. The lowest BCUT2D eigenvalue weighted by atomic mass is 10.2. The second kappa shape index (κ2) is 8.04. The van der Waals surface area contributed by atoms with Gasteiger partial charge in [0.2, 0.25) is 0 Å². The third-order valence-corrected chi connectivity index (χ3v) is 13.4. The van der Waals surface area contributed by atoms with Gasteiger partial charge in [-0.25, -0.2) is 0 Å². The van der Waals surface area contributed by atoms with Gasteiger partial charge in [0.15, 0.2) is 16.6 Å². The molecule has 7 heteroatoms. The summed E-state index contributed by atoms with van der Waals surface area (Å²) in [5.41, 5.74) is 0.0788. The van der Waals surface area contributed by atoms with Gasteiger partial charge >= 0.3 is 8.56 Å². The standard InChI is InChI=1S/C15H36O4Si3/c1-9-15(17-13-14-11-10-12-16-14)22(8,18-20(2,3)4)19-21(5,6)7/h14-15H,9-13H2,1-8H3. The average molecular weight is 365 g/mol. The Kier molecular flexibility index (Phi) is 7.51. The molecule has 0 saturated carbocycles. The molecule has 0 amide bonds. The molecule has 0 N–H and O–H groups in total. The van der Waals surface area contributed by atoms with Crippen molar-refractivity contribution >= 4 is 25.2 Å². The van der Waals surface area contributed by atoms with Crippen molar-refractivity contribution in [2.24, 2.45) is 0 Å². The topological polar surface area (TPSA) is 36.9 Å². The molecule has 1 heterocycles. The Hall–Kier alpha value is 0.491. The maximum Gasteiger partial charge on any atom is 0.344 e. The van der Waals surface area contributed by atoms with E-state index in [0.717, 1.165) is 25.9 Å². The zero-order valence-electron chi connectivity index (χ0n) is 15.8. The third-order valence-electron chi connectivity index (χ3n) is 3.48. The quantitative estimate of drug-likeness (QED) is 0.572. The van der Waals surface area contributed by atoms with Crippen LogP contribution in [0, 0.1) is 0 Å². The first-order valence-corrected chi connectivity index (χ1v) is 17.8. The van der Waals surface area contributed by atoms with Gasteiger partial charge in [0.1, 0.15) is 0 Å². The minimum absolute atomic E-state index is 0.0788. The van der Waals surface area contributed by atoms with Crippen LogP contribution in [0.3, 0.4) is 0 Å². The SMILES string of the molecule is CCC(OCC1CCCO1)[Si](C)(O[Si](C)(C)C)O[Si](C)(C)C. The van der Waals surface area contributed by atoms with E-state index in [1.54, 1.807) is 0 Å². The van der Waals surface area contributed by atoms with E-state index in [2.05, 4.69) is 52.8 Å². The fourth-order valence-electron chi connectivity index (χ4n) is 3.01. The first kappa shape index (κ1) is 20.5. The fraction of sp³-hybridized carbons (Fsp3) is 1.00. The maximum absolute atomic E-state index is 6.59. The van der Waals surface area contributed by atoms with Gasteiger partial charge < -0.3 is 17.7 Å². The predicted molar refractivity (Wildman–Crippen MR) is 99.5 cm³/mol. The zero-order chi connectivity index (χ0) is 17.0. The van der Waals surface area contributed by atoms with Crippen molar-refractivity contribution in [2.75, 3.05) is 13.2 Å². The van der Waals surface area contributed by atoms with Crippen molar-refractivity contribution in [3.8, 4) is 0 Å². The van der Waals surface area contributed by atoms with Crippen LogP contribution in [0.15, 0.2) is 0 Å². The molecular formula is C15H36O4Si3. The molecule has 0 radical (unpaired) electrons. The van der Waals surface area contributed by atoms with E-state index in [1.807, 2.05) is 0 Å². The van der Waals surface area contributed by atoms with Crippen molar-refractivity contribution in [2.45, 2.75) is 83.8 Å². The molecule has 2 atom stereocenters. The summed E-state index contributed by atoms with van der Waals surface area (Å²) in [5, 5.41) is 0. The Labute approximate surface area is 140 Å². The van der Waals surface area contributed by atoms with E-state index in [9.17, 15) is 0 Å². The number of hydrogen-bond donors (Lipinski definition) is 0. The Morgan fingerprint density at radius 3 is 1.91 bits per heavy atom. The first-order valence-electron chi connectivity index (χ1n) is 8.59. The molecule has 2 unspecified atom stereocenters. The van der Waals surface area contributed by atoms with Crippen LogP contribution >= 0.6 is 0 Å². The lowest BCUT2D eigenvalue weighted by Gasteiger charge is -2.42. The van der Waals surface area contributed by atoms with Crippen LogP contribution < -0.4 is 0 Å². The van der Waals surface area contributed by atoms with Crippen LogP contribution in [-0.4, -0.2) is 50.2 Å². The lowest BCUT2D eigenvalue weighted by molar-refractivity contribution is -0.00735. The average Bonchev–Trinajstić information content (AvgIpc) is 2.76. The Bertz CT molecular complexity index is 317. The largest absolute Gasteiger partial charge is 0.435 e. The third kappa shape index (κ3) is 7.37. The monoisotopic (exact) mass is 364 g/mol. The van der Waals surface area contributed by atoms with Crippen LogP contribution in [0.25, 0.3) is 0 Å². The highest BCUT2D eigenvalue weighted by atomic mass is 28.5. The van der Waals surface area contributed by atoms with Crippen LogP contribution in [0.5, 0.6) is 0 Å². The Morgan fingerprint density at radius 1 is 1.00 bits per heavy atom. The molecule has 1 saturated heterocycles. The number of hydrogen-bond acceptors (Lipinski definition) is 4. The summed E-state index contributed by atoms with van der Waals surface area (Å²) in [6.45, 7) is 19.3. The molecule has 22 heavy (non-hydrogen) atoms. The summed E-state index contributed by atoms with van der Waals surface area (Å²) in [6, 6.07) is 0. The molecule has 4 nitrogen and oxygen atoms in total. The molecule has 1 aliphatic rings. The van der Waals surface area contributed by atoms with Crippen molar-refractivity contribution < 1.29 is 17.7 Å². The second-order valence-electron chi connectivity index (χ2n) is 8.31. The van der Waals surface area contributed by atoms with Gasteiger partial charge in [0.25, 0.3) is 0 Å². The van der Waals surface area contributed by atoms with Crippen molar-refractivity contribution in [1.82, 2.24) is 0 Å². The minimum Gasteiger partial charge on any atom is -0.435 e. The van der Waals surface area contributed by atoms with E-state index in [0.29, 0.717) is 6.61 Å². The summed E-state index contributed by atoms with van der Waals surface area (Å²) in [5.74, 6) is 0. The molecule has 0 aromatic carbocycles. The lowest BCUT2D eigenvalue weighted by Crippen LogP contribution is -2.60.